The smallest absolute Gasteiger partial charge is 0.120 e. The largest absolute Gasteiger partial charge is 0.499 e. The van der Waals surface area contributed by atoms with Gasteiger partial charge in [-0.15, -0.1) is 0 Å². The zero-order valence-electron chi connectivity index (χ0n) is 11.4. The molecule has 0 saturated carbocycles. The Kier molecular flexibility index (Phi) is 12.7. The highest BCUT2D eigenvalue weighted by molar-refractivity contribution is 5.48. The monoisotopic (exact) mass is 240 g/mol. The van der Waals surface area contributed by atoms with Crippen LogP contribution in [0.3, 0.4) is 0 Å². The quantitative estimate of drug-likeness (QED) is 0.266. The second kappa shape index (κ2) is 13.3. The second-order valence-electron chi connectivity index (χ2n) is 4.57. The molecule has 0 spiro atoms. The van der Waals surface area contributed by atoms with Gasteiger partial charge in [-0.05, 0) is 12.8 Å². The lowest BCUT2D eigenvalue weighted by Crippen LogP contribution is -1.95. The molecule has 100 valence electrons. The summed E-state index contributed by atoms with van der Waals surface area (Å²) < 4.78 is 5.44. The molecule has 2 nitrogen and oxygen atoms in total. The third kappa shape index (κ3) is 13.1. The number of allylic oxidation sites excluding steroid dienone is 1. The fourth-order valence-corrected chi connectivity index (χ4v) is 1.73. The van der Waals surface area contributed by atoms with Crippen molar-refractivity contribution in [2.24, 2.45) is 0 Å². The molecule has 0 saturated heterocycles. The molecular weight excluding hydrogens is 212 g/mol. The minimum absolute atomic E-state index is 0.588. The molecule has 0 N–H and O–H groups in total. The maximum absolute atomic E-state index is 10.1. The van der Waals surface area contributed by atoms with Gasteiger partial charge in [-0.1, -0.05) is 52.0 Å². The molecule has 0 rings (SSSR count). The molecular formula is C15H28O2. The molecule has 0 heterocycles. The summed E-state index contributed by atoms with van der Waals surface area (Å²) in [7, 11) is 0. The lowest BCUT2D eigenvalue weighted by atomic mass is 10.1. The van der Waals surface area contributed by atoms with Crippen molar-refractivity contribution in [2.45, 2.75) is 71.1 Å². The number of carbonyl (C=O) groups excluding carboxylic acids is 1. The second-order valence-corrected chi connectivity index (χ2v) is 4.57. The van der Waals surface area contributed by atoms with E-state index in [4.69, 9.17) is 4.74 Å². The highest BCUT2D eigenvalue weighted by Gasteiger charge is 1.96. The van der Waals surface area contributed by atoms with Crippen molar-refractivity contribution < 1.29 is 9.53 Å². The summed E-state index contributed by atoms with van der Waals surface area (Å²) in [6, 6.07) is 0. The number of unbranched alkanes of at least 4 members (excludes halogenated alkanes) is 7. The summed E-state index contributed by atoms with van der Waals surface area (Å²) in [5.74, 6) is 0.879. The molecule has 17 heavy (non-hydrogen) atoms. The zero-order valence-corrected chi connectivity index (χ0v) is 11.4. The van der Waals surface area contributed by atoms with Gasteiger partial charge in [0.2, 0.25) is 0 Å². The van der Waals surface area contributed by atoms with E-state index in [0.29, 0.717) is 13.0 Å². The van der Waals surface area contributed by atoms with Crippen LogP contribution >= 0.6 is 0 Å². The van der Waals surface area contributed by atoms with Crippen LogP contribution in [0.2, 0.25) is 0 Å². The van der Waals surface area contributed by atoms with E-state index >= 15 is 0 Å². The van der Waals surface area contributed by atoms with Crippen LogP contribution in [0.5, 0.6) is 0 Å². The molecule has 0 fully saturated rings. The third-order valence-corrected chi connectivity index (χ3v) is 2.83. The van der Waals surface area contributed by atoms with Crippen molar-refractivity contribution in [2.75, 3.05) is 6.61 Å². The van der Waals surface area contributed by atoms with Crippen LogP contribution in [0.15, 0.2) is 12.3 Å². The maximum atomic E-state index is 10.1. The van der Waals surface area contributed by atoms with Crippen LogP contribution in [0.1, 0.15) is 71.1 Å². The van der Waals surface area contributed by atoms with Crippen LogP contribution in [-0.2, 0) is 9.53 Å². The van der Waals surface area contributed by atoms with Crippen LogP contribution in [-0.4, -0.2) is 12.9 Å². The first kappa shape index (κ1) is 16.2. The van der Waals surface area contributed by atoms with Crippen LogP contribution < -0.4 is 0 Å². The maximum Gasteiger partial charge on any atom is 0.120 e. The Labute approximate surface area is 106 Å². The lowest BCUT2D eigenvalue weighted by molar-refractivity contribution is -0.108. The normalized spacial score (nSPS) is 10.2. The van der Waals surface area contributed by atoms with E-state index in [-0.39, 0.29) is 0 Å². The molecule has 0 unspecified atom stereocenters. The fourth-order valence-electron chi connectivity index (χ4n) is 1.73. The Hall–Kier alpha value is -0.790. The Balaban J connectivity index is 3.13. The summed E-state index contributed by atoms with van der Waals surface area (Å²) in [4.78, 5) is 10.1. The van der Waals surface area contributed by atoms with Gasteiger partial charge in [0.25, 0.3) is 0 Å². The first-order valence-electron chi connectivity index (χ1n) is 7.05. The van der Waals surface area contributed by atoms with Crippen molar-refractivity contribution in [3.8, 4) is 0 Å². The van der Waals surface area contributed by atoms with Gasteiger partial charge < -0.3 is 9.53 Å². The topological polar surface area (TPSA) is 26.3 Å². The van der Waals surface area contributed by atoms with E-state index in [2.05, 4.69) is 13.5 Å². The Morgan fingerprint density at radius 3 is 2.35 bits per heavy atom. The Morgan fingerprint density at radius 2 is 1.71 bits per heavy atom. The summed E-state index contributed by atoms with van der Waals surface area (Å²) in [6.07, 6.45) is 12.5. The summed E-state index contributed by atoms with van der Waals surface area (Å²) >= 11 is 0. The Morgan fingerprint density at radius 1 is 1.06 bits per heavy atom. The molecule has 0 aliphatic rings. The molecule has 0 amide bonds. The molecule has 2 heteroatoms. The van der Waals surface area contributed by atoms with Crippen molar-refractivity contribution in [3.63, 3.8) is 0 Å². The minimum Gasteiger partial charge on any atom is -0.499 e. The van der Waals surface area contributed by atoms with Crippen LogP contribution in [0.25, 0.3) is 0 Å². The predicted octanol–water partition coefficient (Wildman–Crippen LogP) is 4.64. The van der Waals surface area contributed by atoms with Gasteiger partial charge >= 0.3 is 0 Å². The third-order valence-electron chi connectivity index (χ3n) is 2.83. The summed E-state index contributed by atoms with van der Waals surface area (Å²) in [6.45, 7) is 6.76. The van der Waals surface area contributed by atoms with E-state index in [9.17, 15) is 4.79 Å². The SMILES string of the molecule is C=C(CCCCCCCCC)OCCCC=O. The van der Waals surface area contributed by atoms with Gasteiger partial charge in [-0.2, -0.15) is 0 Å². The molecule has 0 aromatic carbocycles. The van der Waals surface area contributed by atoms with Gasteiger partial charge in [0.15, 0.2) is 0 Å². The minimum atomic E-state index is 0.588. The number of carbonyl (C=O) groups is 1. The molecule has 0 bridgehead atoms. The van der Waals surface area contributed by atoms with E-state index in [1.807, 2.05) is 0 Å². The van der Waals surface area contributed by atoms with Crippen molar-refractivity contribution in [3.05, 3.63) is 12.3 Å². The molecule has 0 aliphatic carbocycles. The van der Waals surface area contributed by atoms with Gasteiger partial charge in [-0.25, -0.2) is 0 Å². The lowest BCUT2D eigenvalue weighted by Gasteiger charge is -2.08. The first-order chi connectivity index (χ1) is 8.31. The number of ether oxygens (including phenoxy) is 1. The van der Waals surface area contributed by atoms with Gasteiger partial charge in [0.1, 0.15) is 6.29 Å². The number of hydrogen-bond acceptors (Lipinski definition) is 2. The van der Waals surface area contributed by atoms with Crippen molar-refractivity contribution in [1.82, 2.24) is 0 Å². The molecule has 0 atom stereocenters. The number of aldehydes is 1. The standard InChI is InChI=1S/C15H28O2/c1-3-4-5-6-7-8-9-12-15(2)17-14-11-10-13-16/h13H,2-12,14H2,1H3. The van der Waals surface area contributed by atoms with E-state index in [1.54, 1.807) is 0 Å². The average Bonchev–Trinajstić information content (AvgIpc) is 2.33. The van der Waals surface area contributed by atoms with Gasteiger partial charge in [-0.3, -0.25) is 0 Å². The van der Waals surface area contributed by atoms with Crippen LogP contribution in [0.4, 0.5) is 0 Å². The van der Waals surface area contributed by atoms with E-state index < -0.39 is 0 Å². The molecule has 0 aliphatic heterocycles. The Bertz CT molecular complexity index is 187. The fraction of sp³-hybridized carbons (Fsp3) is 0.800. The van der Waals surface area contributed by atoms with Gasteiger partial charge in [0, 0.05) is 12.8 Å². The highest BCUT2D eigenvalue weighted by atomic mass is 16.5. The van der Waals surface area contributed by atoms with Crippen molar-refractivity contribution in [1.29, 1.82) is 0 Å². The number of hydrogen-bond donors (Lipinski definition) is 0. The average molecular weight is 240 g/mol. The summed E-state index contributed by atoms with van der Waals surface area (Å²) in [5, 5.41) is 0. The zero-order chi connectivity index (χ0) is 12.8. The summed E-state index contributed by atoms with van der Waals surface area (Å²) in [5.41, 5.74) is 0. The van der Waals surface area contributed by atoms with Crippen molar-refractivity contribution >= 4 is 6.29 Å². The highest BCUT2D eigenvalue weighted by Crippen LogP contribution is 2.12. The molecule has 0 aromatic rings. The predicted molar refractivity (Wildman–Crippen MR) is 73.0 cm³/mol. The first-order valence-corrected chi connectivity index (χ1v) is 7.05. The molecule has 0 aromatic heterocycles. The van der Waals surface area contributed by atoms with Crippen LogP contribution in [0, 0.1) is 0 Å². The number of rotatable bonds is 13. The molecule has 0 radical (unpaired) electrons. The van der Waals surface area contributed by atoms with E-state index in [1.165, 1.54) is 44.9 Å². The van der Waals surface area contributed by atoms with E-state index in [0.717, 1.165) is 24.9 Å². The van der Waals surface area contributed by atoms with Gasteiger partial charge in [0.05, 0.1) is 12.4 Å².